The Hall–Kier alpha value is -2.10. The van der Waals surface area contributed by atoms with Gasteiger partial charge in [-0.25, -0.2) is 4.98 Å². The Bertz CT molecular complexity index is 642. The van der Waals surface area contributed by atoms with E-state index >= 15 is 0 Å². The van der Waals surface area contributed by atoms with E-state index in [4.69, 9.17) is 0 Å². The van der Waals surface area contributed by atoms with E-state index in [0.717, 1.165) is 23.5 Å². The molecule has 0 aliphatic carbocycles. The maximum absolute atomic E-state index is 4.63. The van der Waals surface area contributed by atoms with E-state index in [9.17, 15) is 0 Å². The molecule has 1 aromatic carbocycles. The van der Waals surface area contributed by atoms with E-state index in [0.29, 0.717) is 5.95 Å². The first-order valence-corrected chi connectivity index (χ1v) is 7.76. The molecule has 4 nitrogen and oxygen atoms in total. The number of anilines is 3. The summed E-state index contributed by atoms with van der Waals surface area (Å²) in [6, 6.07) is 6.41. The van der Waals surface area contributed by atoms with Crippen molar-refractivity contribution in [1.82, 2.24) is 9.97 Å². The van der Waals surface area contributed by atoms with Gasteiger partial charge in [-0.3, -0.25) is 0 Å². The number of aromatic nitrogens is 2. The molecule has 0 amide bonds. The number of rotatable bonds is 5. The lowest BCUT2D eigenvalue weighted by Gasteiger charge is -2.24. The molecular weight excluding hydrogens is 272 g/mol. The van der Waals surface area contributed by atoms with Crippen LogP contribution in [0.15, 0.2) is 24.4 Å². The van der Waals surface area contributed by atoms with Gasteiger partial charge in [0.1, 0.15) is 5.82 Å². The van der Waals surface area contributed by atoms with Crippen LogP contribution in [0, 0.1) is 20.8 Å². The van der Waals surface area contributed by atoms with Gasteiger partial charge in [0.05, 0.1) is 0 Å². The van der Waals surface area contributed by atoms with Crippen molar-refractivity contribution in [1.29, 1.82) is 0 Å². The zero-order chi connectivity index (χ0) is 16.3. The summed E-state index contributed by atoms with van der Waals surface area (Å²) in [5.74, 6) is 1.50. The highest BCUT2D eigenvalue weighted by atomic mass is 15.2. The van der Waals surface area contributed by atoms with Gasteiger partial charge in [0, 0.05) is 23.0 Å². The van der Waals surface area contributed by atoms with Crippen molar-refractivity contribution < 1.29 is 0 Å². The van der Waals surface area contributed by atoms with Crippen LogP contribution in [0.25, 0.3) is 0 Å². The van der Waals surface area contributed by atoms with E-state index in [-0.39, 0.29) is 5.54 Å². The molecule has 22 heavy (non-hydrogen) atoms. The highest BCUT2D eigenvalue weighted by Gasteiger charge is 2.16. The van der Waals surface area contributed by atoms with E-state index in [1.165, 1.54) is 11.1 Å². The van der Waals surface area contributed by atoms with Gasteiger partial charge >= 0.3 is 0 Å². The average Bonchev–Trinajstić information content (AvgIpc) is 2.41. The van der Waals surface area contributed by atoms with Gasteiger partial charge in [0.25, 0.3) is 0 Å². The second-order valence-electron chi connectivity index (χ2n) is 6.59. The molecule has 0 spiro atoms. The molecule has 0 saturated carbocycles. The quantitative estimate of drug-likeness (QED) is 0.836. The normalized spacial score (nSPS) is 11.4. The Morgan fingerprint density at radius 3 is 2.27 bits per heavy atom. The fraction of sp³-hybridized carbons (Fsp3) is 0.444. The lowest BCUT2D eigenvalue weighted by atomic mass is 10.0. The van der Waals surface area contributed by atoms with Gasteiger partial charge in [-0.15, -0.1) is 0 Å². The van der Waals surface area contributed by atoms with Crippen molar-refractivity contribution in [3.63, 3.8) is 0 Å². The smallest absolute Gasteiger partial charge is 0.225 e. The van der Waals surface area contributed by atoms with E-state index in [1.807, 2.05) is 13.1 Å². The lowest BCUT2D eigenvalue weighted by molar-refractivity contribution is 0.542. The van der Waals surface area contributed by atoms with Gasteiger partial charge in [-0.2, -0.15) is 4.98 Å². The predicted molar refractivity (Wildman–Crippen MR) is 94.0 cm³/mol. The fourth-order valence-corrected chi connectivity index (χ4v) is 2.20. The zero-order valence-electron chi connectivity index (χ0n) is 14.4. The third-order valence-corrected chi connectivity index (χ3v) is 3.79. The Labute approximate surface area is 133 Å². The van der Waals surface area contributed by atoms with Crippen LogP contribution in [0.2, 0.25) is 0 Å². The summed E-state index contributed by atoms with van der Waals surface area (Å²) < 4.78 is 0. The van der Waals surface area contributed by atoms with Crippen LogP contribution in [0.4, 0.5) is 17.5 Å². The topological polar surface area (TPSA) is 49.8 Å². The second kappa shape index (κ2) is 6.34. The Morgan fingerprint density at radius 1 is 1.05 bits per heavy atom. The van der Waals surface area contributed by atoms with Gasteiger partial charge < -0.3 is 10.6 Å². The first kappa shape index (κ1) is 16.3. The van der Waals surface area contributed by atoms with Crippen molar-refractivity contribution in [3.8, 4) is 0 Å². The van der Waals surface area contributed by atoms with Crippen molar-refractivity contribution in [3.05, 3.63) is 41.1 Å². The van der Waals surface area contributed by atoms with Crippen LogP contribution in [0.3, 0.4) is 0 Å². The molecule has 0 saturated heterocycles. The van der Waals surface area contributed by atoms with Gasteiger partial charge in [0.2, 0.25) is 5.95 Å². The fourth-order valence-electron chi connectivity index (χ4n) is 2.20. The number of aryl methyl sites for hydroxylation is 3. The zero-order valence-corrected chi connectivity index (χ0v) is 14.4. The summed E-state index contributed by atoms with van der Waals surface area (Å²) in [4.78, 5) is 9.01. The Morgan fingerprint density at radius 2 is 1.68 bits per heavy atom. The first-order chi connectivity index (χ1) is 10.3. The van der Waals surface area contributed by atoms with E-state index in [1.54, 1.807) is 0 Å². The average molecular weight is 298 g/mol. The summed E-state index contributed by atoms with van der Waals surface area (Å²) in [7, 11) is 0. The maximum atomic E-state index is 4.63. The third kappa shape index (κ3) is 4.20. The third-order valence-electron chi connectivity index (χ3n) is 3.79. The monoisotopic (exact) mass is 298 g/mol. The molecule has 2 aromatic rings. The van der Waals surface area contributed by atoms with Gasteiger partial charge in [-0.05, 0) is 64.3 Å². The molecule has 1 aromatic heterocycles. The maximum Gasteiger partial charge on any atom is 0.225 e. The molecule has 0 aliphatic rings. The summed E-state index contributed by atoms with van der Waals surface area (Å²) in [5.41, 5.74) is 4.53. The Balaban J connectivity index is 2.27. The van der Waals surface area contributed by atoms with Crippen molar-refractivity contribution in [2.45, 2.75) is 53.5 Å². The number of nitrogens with one attached hydrogen (secondary N) is 2. The van der Waals surface area contributed by atoms with E-state index in [2.05, 4.69) is 73.4 Å². The largest absolute Gasteiger partial charge is 0.349 e. The molecule has 0 aliphatic heterocycles. The van der Waals surface area contributed by atoms with Gasteiger partial charge in [-0.1, -0.05) is 13.0 Å². The van der Waals surface area contributed by atoms with Gasteiger partial charge in [0.15, 0.2) is 0 Å². The summed E-state index contributed by atoms with van der Waals surface area (Å²) in [6.45, 7) is 12.7. The second-order valence-corrected chi connectivity index (χ2v) is 6.59. The number of benzene rings is 1. The summed E-state index contributed by atoms with van der Waals surface area (Å²) in [6.07, 6.45) is 2.86. The molecule has 2 N–H and O–H groups in total. The van der Waals surface area contributed by atoms with Crippen molar-refractivity contribution in [2.24, 2.45) is 0 Å². The highest BCUT2D eigenvalue weighted by Crippen LogP contribution is 2.22. The molecule has 2 rings (SSSR count). The first-order valence-electron chi connectivity index (χ1n) is 7.76. The molecular formula is C18H26N4. The number of hydrogen-bond donors (Lipinski definition) is 2. The summed E-state index contributed by atoms with van der Waals surface area (Å²) >= 11 is 0. The van der Waals surface area contributed by atoms with Crippen LogP contribution < -0.4 is 10.6 Å². The SMILES string of the molecule is CCC(C)(C)Nc1ncc(C)c(Nc2cc(C)cc(C)c2)n1. The summed E-state index contributed by atoms with van der Waals surface area (Å²) in [5, 5.41) is 6.79. The molecule has 0 atom stereocenters. The number of nitrogens with zero attached hydrogens (tertiary/aromatic N) is 2. The molecule has 118 valence electrons. The van der Waals surface area contributed by atoms with Crippen LogP contribution in [0.1, 0.15) is 43.9 Å². The highest BCUT2D eigenvalue weighted by molar-refractivity contribution is 5.61. The molecule has 4 heteroatoms. The standard InChI is InChI=1S/C18H26N4/c1-7-18(5,6)22-17-19-11-14(4)16(21-17)20-15-9-12(2)8-13(3)10-15/h8-11H,7H2,1-6H3,(H2,19,20,21,22). The molecule has 0 fully saturated rings. The number of hydrogen-bond acceptors (Lipinski definition) is 4. The molecule has 1 heterocycles. The predicted octanol–water partition coefficient (Wildman–Crippen LogP) is 4.75. The van der Waals surface area contributed by atoms with E-state index < -0.39 is 0 Å². The van der Waals surface area contributed by atoms with Crippen molar-refractivity contribution >= 4 is 17.5 Å². The van der Waals surface area contributed by atoms with Crippen LogP contribution in [-0.4, -0.2) is 15.5 Å². The lowest BCUT2D eigenvalue weighted by Crippen LogP contribution is -2.30. The minimum atomic E-state index is -0.0214. The minimum Gasteiger partial charge on any atom is -0.349 e. The van der Waals surface area contributed by atoms with Crippen LogP contribution in [0.5, 0.6) is 0 Å². The Kier molecular flexibility index (Phi) is 4.69. The molecule has 0 unspecified atom stereocenters. The molecule has 0 radical (unpaired) electrons. The van der Waals surface area contributed by atoms with Crippen LogP contribution in [-0.2, 0) is 0 Å². The molecule has 0 bridgehead atoms. The van der Waals surface area contributed by atoms with Crippen LogP contribution >= 0.6 is 0 Å². The minimum absolute atomic E-state index is 0.0214. The van der Waals surface area contributed by atoms with Crippen molar-refractivity contribution in [2.75, 3.05) is 10.6 Å².